The molecule has 2 aromatic carbocycles. The molecule has 0 spiro atoms. The van der Waals surface area contributed by atoms with Crippen molar-refractivity contribution in [2.45, 2.75) is 50.9 Å². The smallest absolute Gasteiger partial charge is 0.416 e. The largest absolute Gasteiger partial charge is 0.480 e. The highest BCUT2D eigenvalue weighted by Crippen LogP contribution is 2.41. The van der Waals surface area contributed by atoms with Crippen LogP contribution in [0.3, 0.4) is 0 Å². The number of hydrogen-bond donors (Lipinski definition) is 1. The van der Waals surface area contributed by atoms with E-state index < -0.39 is 29.8 Å². The molecule has 156 valence electrons. The van der Waals surface area contributed by atoms with Gasteiger partial charge in [0, 0.05) is 11.6 Å². The first-order valence-electron chi connectivity index (χ1n) is 9.54. The molecule has 2 atom stereocenters. The molecule has 3 rings (SSSR count). The van der Waals surface area contributed by atoms with Crippen LogP contribution in [0.15, 0.2) is 42.5 Å². The minimum atomic E-state index is -4.51. The Bertz CT molecular complexity index is 881. The van der Waals surface area contributed by atoms with Crippen LogP contribution in [-0.2, 0) is 11.0 Å². The molecule has 0 radical (unpaired) electrons. The van der Waals surface area contributed by atoms with Crippen molar-refractivity contribution in [1.29, 1.82) is 0 Å². The Hall–Kier alpha value is -2.05. The quantitative estimate of drug-likeness (QED) is 0.627. The predicted octanol–water partition coefficient (Wildman–Crippen LogP) is 6.12. The Morgan fingerprint density at radius 3 is 2.31 bits per heavy atom. The second-order valence-electron chi connectivity index (χ2n) is 7.69. The summed E-state index contributed by atoms with van der Waals surface area (Å²) in [6.45, 7) is 4.58. The number of carboxylic acid groups (broad SMARTS) is 1. The second-order valence-corrected chi connectivity index (χ2v) is 8.10. The first-order chi connectivity index (χ1) is 13.6. The highest BCUT2D eigenvalue weighted by Gasteiger charge is 2.39. The maximum Gasteiger partial charge on any atom is 0.416 e. The lowest BCUT2D eigenvalue weighted by Crippen LogP contribution is -2.39. The van der Waals surface area contributed by atoms with Gasteiger partial charge in [-0.05, 0) is 53.6 Å². The van der Waals surface area contributed by atoms with Gasteiger partial charge in [-0.1, -0.05) is 49.7 Å². The molecule has 1 heterocycles. The highest BCUT2D eigenvalue weighted by molar-refractivity contribution is 6.31. The Labute approximate surface area is 173 Å². The minimum absolute atomic E-state index is 0.187. The van der Waals surface area contributed by atoms with Gasteiger partial charge in [0.25, 0.3) is 0 Å². The molecule has 2 aromatic rings. The van der Waals surface area contributed by atoms with Crippen molar-refractivity contribution >= 4 is 17.6 Å². The summed E-state index contributed by atoms with van der Waals surface area (Å²) in [6.07, 6.45) is -3.40. The van der Waals surface area contributed by atoms with Gasteiger partial charge in [0.2, 0.25) is 0 Å². The van der Waals surface area contributed by atoms with E-state index in [2.05, 4.69) is 13.8 Å². The number of halogens is 4. The fourth-order valence-electron chi connectivity index (χ4n) is 3.91. The molecule has 0 aliphatic carbocycles. The van der Waals surface area contributed by atoms with E-state index >= 15 is 0 Å². The van der Waals surface area contributed by atoms with E-state index in [0.29, 0.717) is 25.3 Å². The average molecular weight is 426 g/mol. The number of likely N-dealkylation sites (tertiary alicyclic amines) is 1. The summed E-state index contributed by atoms with van der Waals surface area (Å²) < 4.78 is 40.0. The number of aliphatic carboxylic acids is 1. The Kier molecular flexibility index (Phi) is 6.24. The van der Waals surface area contributed by atoms with Gasteiger partial charge in [-0.15, -0.1) is 0 Å². The lowest BCUT2D eigenvalue weighted by molar-refractivity contribution is -0.143. The zero-order valence-electron chi connectivity index (χ0n) is 16.2. The molecule has 3 nitrogen and oxygen atoms in total. The maximum absolute atomic E-state index is 13.3. The molecule has 0 saturated carbocycles. The van der Waals surface area contributed by atoms with Crippen LogP contribution in [0.2, 0.25) is 5.02 Å². The fourth-order valence-corrected chi connectivity index (χ4v) is 4.13. The standard InChI is InChI=1S/C22H23ClF3NO2/c1-13(2)14-5-7-15(8-6-14)20(27-11-3-4-19(27)21(28)29)17-12-16(22(24,25)26)9-10-18(17)23/h5-10,12-13,19-20H,3-4,11H2,1-2H3,(H,28,29). The number of carbonyl (C=O) groups is 1. The fraction of sp³-hybridized carbons (Fsp3) is 0.409. The molecule has 2 unspecified atom stereocenters. The van der Waals surface area contributed by atoms with E-state index in [0.717, 1.165) is 23.3 Å². The summed E-state index contributed by atoms with van der Waals surface area (Å²) in [4.78, 5) is 13.5. The van der Waals surface area contributed by atoms with Crippen LogP contribution in [0.4, 0.5) is 13.2 Å². The lowest BCUT2D eigenvalue weighted by Gasteiger charge is -2.33. The maximum atomic E-state index is 13.3. The topological polar surface area (TPSA) is 40.5 Å². The normalized spacial score (nSPS) is 18.9. The van der Waals surface area contributed by atoms with Gasteiger partial charge in [-0.3, -0.25) is 9.69 Å². The summed E-state index contributed by atoms with van der Waals surface area (Å²) in [7, 11) is 0. The minimum Gasteiger partial charge on any atom is -0.480 e. The van der Waals surface area contributed by atoms with Gasteiger partial charge in [0.05, 0.1) is 11.6 Å². The molecule has 1 aliphatic heterocycles. The van der Waals surface area contributed by atoms with E-state index in [1.165, 1.54) is 6.07 Å². The molecule has 29 heavy (non-hydrogen) atoms. The van der Waals surface area contributed by atoms with Crippen molar-refractivity contribution < 1.29 is 23.1 Å². The molecule has 7 heteroatoms. The molecule has 1 aliphatic rings. The molecule has 0 amide bonds. The molecule has 1 saturated heterocycles. The average Bonchev–Trinajstić information content (AvgIpc) is 3.12. The zero-order chi connectivity index (χ0) is 21.3. The first-order valence-corrected chi connectivity index (χ1v) is 9.92. The van der Waals surface area contributed by atoms with Gasteiger partial charge in [-0.2, -0.15) is 13.2 Å². The molecule has 1 fully saturated rings. The van der Waals surface area contributed by atoms with Crippen LogP contribution in [-0.4, -0.2) is 28.6 Å². The number of carboxylic acids is 1. The molecular weight excluding hydrogens is 403 g/mol. The SMILES string of the molecule is CC(C)c1ccc(C(c2cc(C(F)(F)F)ccc2Cl)N2CCCC2C(=O)O)cc1. The summed E-state index contributed by atoms with van der Waals surface area (Å²) in [6, 6.07) is 9.36. The third-order valence-electron chi connectivity index (χ3n) is 5.45. The third kappa shape index (κ3) is 4.59. The summed E-state index contributed by atoms with van der Waals surface area (Å²) in [5.41, 5.74) is 1.29. The molecule has 0 aromatic heterocycles. The van der Waals surface area contributed by atoms with E-state index in [9.17, 15) is 23.1 Å². The van der Waals surface area contributed by atoms with Crippen molar-refractivity contribution in [3.63, 3.8) is 0 Å². The van der Waals surface area contributed by atoms with Crippen molar-refractivity contribution in [1.82, 2.24) is 4.90 Å². The van der Waals surface area contributed by atoms with Crippen LogP contribution in [0.1, 0.15) is 60.9 Å². The zero-order valence-corrected chi connectivity index (χ0v) is 17.0. The van der Waals surface area contributed by atoms with Crippen LogP contribution in [0.25, 0.3) is 0 Å². The Balaban J connectivity index is 2.14. The van der Waals surface area contributed by atoms with E-state index in [1.807, 2.05) is 24.3 Å². The van der Waals surface area contributed by atoms with Crippen molar-refractivity contribution in [3.8, 4) is 0 Å². The summed E-state index contributed by atoms with van der Waals surface area (Å²) in [5, 5.41) is 9.83. The Morgan fingerprint density at radius 2 is 1.76 bits per heavy atom. The number of alkyl halides is 3. The molecule has 1 N–H and O–H groups in total. The van der Waals surface area contributed by atoms with Crippen LogP contribution >= 0.6 is 11.6 Å². The van der Waals surface area contributed by atoms with Crippen molar-refractivity contribution in [3.05, 3.63) is 69.7 Å². The first kappa shape index (κ1) is 21.7. The summed E-state index contributed by atoms with van der Waals surface area (Å²) in [5.74, 6) is -0.674. The molecule has 0 bridgehead atoms. The van der Waals surface area contributed by atoms with Crippen LogP contribution in [0, 0.1) is 0 Å². The van der Waals surface area contributed by atoms with Crippen molar-refractivity contribution in [2.75, 3.05) is 6.54 Å². The van der Waals surface area contributed by atoms with Crippen LogP contribution in [0.5, 0.6) is 0 Å². The predicted molar refractivity (Wildman–Crippen MR) is 106 cm³/mol. The van der Waals surface area contributed by atoms with Crippen molar-refractivity contribution in [2.24, 2.45) is 0 Å². The van der Waals surface area contributed by atoms with Gasteiger partial charge < -0.3 is 5.11 Å². The van der Waals surface area contributed by atoms with Gasteiger partial charge in [-0.25, -0.2) is 0 Å². The van der Waals surface area contributed by atoms with E-state index in [1.54, 1.807) is 4.90 Å². The van der Waals surface area contributed by atoms with Gasteiger partial charge in [0.15, 0.2) is 0 Å². The molecular formula is C22H23ClF3NO2. The monoisotopic (exact) mass is 425 g/mol. The summed E-state index contributed by atoms with van der Waals surface area (Å²) >= 11 is 6.34. The number of hydrogen-bond acceptors (Lipinski definition) is 2. The highest BCUT2D eigenvalue weighted by atomic mass is 35.5. The number of nitrogens with zero attached hydrogens (tertiary/aromatic N) is 1. The number of benzene rings is 2. The number of rotatable bonds is 5. The van der Waals surface area contributed by atoms with E-state index in [-0.39, 0.29) is 10.6 Å². The van der Waals surface area contributed by atoms with Crippen LogP contribution < -0.4 is 0 Å². The second kappa shape index (κ2) is 8.36. The van der Waals surface area contributed by atoms with E-state index in [4.69, 9.17) is 11.6 Å². The van der Waals surface area contributed by atoms with Gasteiger partial charge in [0.1, 0.15) is 6.04 Å². The Morgan fingerprint density at radius 1 is 1.14 bits per heavy atom. The lowest BCUT2D eigenvalue weighted by atomic mass is 9.92. The van der Waals surface area contributed by atoms with Gasteiger partial charge >= 0.3 is 12.1 Å². The third-order valence-corrected chi connectivity index (χ3v) is 5.79.